The summed E-state index contributed by atoms with van der Waals surface area (Å²) in [6.07, 6.45) is 3.48. The fraction of sp³-hybridized carbons (Fsp3) is 0.667. The van der Waals surface area contributed by atoms with Gasteiger partial charge in [-0.25, -0.2) is 14.8 Å². The van der Waals surface area contributed by atoms with Crippen molar-refractivity contribution in [3.8, 4) is 12.3 Å². The highest BCUT2D eigenvalue weighted by molar-refractivity contribution is 5.59. The van der Waals surface area contributed by atoms with Crippen LogP contribution in [0.3, 0.4) is 0 Å². The standard InChI is InChI=1S/C9H14N4O3/c1-5-8-12(4)10-11-13(8)7(3)16-9(14)15-6-2/h1,7-8H,6H2,2-4H3. The topological polar surface area (TPSA) is 66.7 Å². The normalized spacial score (nSPS) is 20.5. The van der Waals surface area contributed by atoms with Gasteiger partial charge in [0, 0.05) is 7.05 Å². The van der Waals surface area contributed by atoms with E-state index in [0.717, 1.165) is 0 Å². The van der Waals surface area contributed by atoms with Crippen LogP contribution in [0.25, 0.3) is 0 Å². The van der Waals surface area contributed by atoms with E-state index < -0.39 is 18.5 Å². The molecule has 0 saturated carbocycles. The number of rotatable bonds is 3. The summed E-state index contributed by atoms with van der Waals surface area (Å²) in [7, 11) is 1.69. The van der Waals surface area contributed by atoms with E-state index in [1.165, 1.54) is 10.0 Å². The third-order valence-electron chi connectivity index (χ3n) is 1.94. The van der Waals surface area contributed by atoms with Gasteiger partial charge in [0.15, 0.2) is 6.23 Å². The van der Waals surface area contributed by atoms with Gasteiger partial charge in [-0.1, -0.05) is 11.1 Å². The lowest BCUT2D eigenvalue weighted by Crippen LogP contribution is -2.42. The van der Waals surface area contributed by atoms with E-state index in [1.807, 2.05) is 0 Å². The molecular weight excluding hydrogens is 212 g/mol. The molecule has 0 radical (unpaired) electrons. The molecule has 0 bridgehead atoms. The van der Waals surface area contributed by atoms with Gasteiger partial charge in [0.1, 0.15) is 0 Å². The molecule has 2 atom stereocenters. The summed E-state index contributed by atoms with van der Waals surface area (Å²) in [6, 6.07) is 0. The molecule has 1 aliphatic heterocycles. The molecule has 7 nitrogen and oxygen atoms in total. The summed E-state index contributed by atoms with van der Waals surface area (Å²) in [5.41, 5.74) is 0. The monoisotopic (exact) mass is 226 g/mol. The Morgan fingerprint density at radius 1 is 1.62 bits per heavy atom. The van der Waals surface area contributed by atoms with Crippen molar-refractivity contribution >= 4 is 6.16 Å². The van der Waals surface area contributed by atoms with Crippen LogP contribution in [0.1, 0.15) is 13.8 Å². The molecule has 1 rings (SSSR count). The smallest absolute Gasteiger partial charge is 0.435 e. The molecule has 16 heavy (non-hydrogen) atoms. The van der Waals surface area contributed by atoms with Crippen molar-refractivity contribution in [3.05, 3.63) is 0 Å². The molecule has 0 fully saturated rings. The Morgan fingerprint density at radius 2 is 2.31 bits per heavy atom. The minimum Gasteiger partial charge on any atom is -0.435 e. The molecule has 0 saturated heterocycles. The van der Waals surface area contributed by atoms with Crippen molar-refractivity contribution < 1.29 is 14.3 Å². The van der Waals surface area contributed by atoms with E-state index in [1.54, 1.807) is 20.9 Å². The molecule has 0 N–H and O–H groups in total. The number of hydrogen-bond donors (Lipinski definition) is 0. The summed E-state index contributed by atoms with van der Waals surface area (Å²) < 4.78 is 9.59. The first-order valence-corrected chi connectivity index (χ1v) is 4.82. The minimum absolute atomic E-state index is 0.255. The lowest BCUT2D eigenvalue weighted by atomic mass is 10.4. The second-order valence-corrected chi connectivity index (χ2v) is 3.07. The second-order valence-electron chi connectivity index (χ2n) is 3.07. The van der Waals surface area contributed by atoms with Crippen molar-refractivity contribution in [1.82, 2.24) is 10.0 Å². The van der Waals surface area contributed by atoms with Gasteiger partial charge >= 0.3 is 6.16 Å². The summed E-state index contributed by atoms with van der Waals surface area (Å²) >= 11 is 0. The first-order chi connectivity index (χ1) is 7.60. The predicted octanol–water partition coefficient (Wildman–Crippen LogP) is 0.994. The quantitative estimate of drug-likeness (QED) is 0.530. The maximum Gasteiger partial charge on any atom is 0.510 e. The fourth-order valence-electron chi connectivity index (χ4n) is 1.18. The van der Waals surface area contributed by atoms with E-state index in [0.29, 0.717) is 0 Å². The average Bonchev–Trinajstić information content (AvgIpc) is 2.59. The third kappa shape index (κ3) is 2.53. The van der Waals surface area contributed by atoms with Crippen molar-refractivity contribution in [2.45, 2.75) is 26.2 Å². The van der Waals surface area contributed by atoms with E-state index in [4.69, 9.17) is 11.2 Å². The molecule has 2 unspecified atom stereocenters. The molecule has 7 heteroatoms. The Bertz CT molecular complexity index is 325. The van der Waals surface area contributed by atoms with Crippen molar-refractivity contribution in [1.29, 1.82) is 0 Å². The van der Waals surface area contributed by atoms with Crippen LogP contribution in [0.4, 0.5) is 4.79 Å². The number of terminal acetylenes is 1. The number of hydrogen-bond acceptors (Lipinski definition) is 7. The fourth-order valence-corrected chi connectivity index (χ4v) is 1.18. The Morgan fingerprint density at radius 3 is 2.88 bits per heavy atom. The number of nitrogens with zero attached hydrogens (tertiary/aromatic N) is 4. The van der Waals surface area contributed by atoms with Crippen LogP contribution in [0.15, 0.2) is 10.4 Å². The number of carbonyl (C=O) groups excluding carboxylic acids is 1. The SMILES string of the molecule is C#CC1N(C)N=NN1C(C)OC(=O)OCC. The molecular formula is C9H14N4O3. The third-order valence-corrected chi connectivity index (χ3v) is 1.94. The molecule has 0 aromatic carbocycles. The first kappa shape index (κ1) is 12.1. The molecule has 1 aliphatic rings. The van der Waals surface area contributed by atoms with Crippen LogP contribution in [0.2, 0.25) is 0 Å². The summed E-state index contributed by atoms with van der Waals surface area (Å²) in [4.78, 5) is 11.1. The van der Waals surface area contributed by atoms with E-state index in [9.17, 15) is 4.79 Å². The van der Waals surface area contributed by atoms with Gasteiger partial charge in [0.2, 0.25) is 6.17 Å². The molecule has 88 valence electrons. The average molecular weight is 226 g/mol. The van der Waals surface area contributed by atoms with Gasteiger partial charge in [0.05, 0.1) is 6.61 Å². The van der Waals surface area contributed by atoms with Gasteiger partial charge in [0.25, 0.3) is 0 Å². The Kier molecular flexibility index (Phi) is 3.94. The van der Waals surface area contributed by atoms with Crippen LogP contribution in [0, 0.1) is 12.3 Å². The Labute approximate surface area is 93.9 Å². The highest BCUT2D eigenvalue weighted by Crippen LogP contribution is 2.17. The van der Waals surface area contributed by atoms with Crippen LogP contribution in [-0.2, 0) is 9.47 Å². The van der Waals surface area contributed by atoms with Gasteiger partial charge in [-0.2, -0.15) is 0 Å². The maximum atomic E-state index is 11.1. The van der Waals surface area contributed by atoms with Gasteiger partial charge < -0.3 is 9.47 Å². The zero-order valence-corrected chi connectivity index (χ0v) is 9.45. The molecule has 0 aromatic heterocycles. The summed E-state index contributed by atoms with van der Waals surface area (Å²) in [5, 5.41) is 10.4. The van der Waals surface area contributed by atoms with Gasteiger partial charge in [-0.05, 0) is 19.1 Å². The van der Waals surface area contributed by atoms with Gasteiger partial charge in [-0.3, -0.25) is 0 Å². The Balaban J connectivity index is 2.55. The molecule has 0 aromatic rings. The summed E-state index contributed by atoms with van der Waals surface area (Å²) in [6.45, 7) is 3.59. The van der Waals surface area contributed by atoms with E-state index in [-0.39, 0.29) is 6.61 Å². The summed E-state index contributed by atoms with van der Waals surface area (Å²) in [5.74, 6) is 2.48. The predicted molar refractivity (Wildman–Crippen MR) is 54.6 cm³/mol. The van der Waals surface area contributed by atoms with Crippen molar-refractivity contribution in [2.75, 3.05) is 13.7 Å². The Hall–Kier alpha value is -1.97. The number of carbonyl (C=O) groups is 1. The molecule has 1 heterocycles. The highest BCUT2D eigenvalue weighted by Gasteiger charge is 2.31. The van der Waals surface area contributed by atoms with Crippen LogP contribution in [-0.4, -0.2) is 42.2 Å². The van der Waals surface area contributed by atoms with Crippen molar-refractivity contribution in [2.24, 2.45) is 10.4 Å². The molecule has 0 spiro atoms. The molecule has 0 amide bonds. The maximum absolute atomic E-state index is 11.1. The van der Waals surface area contributed by atoms with Crippen molar-refractivity contribution in [3.63, 3.8) is 0 Å². The first-order valence-electron chi connectivity index (χ1n) is 4.82. The lowest BCUT2D eigenvalue weighted by molar-refractivity contribution is -0.0513. The van der Waals surface area contributed by atoms with E-state index >= 15 is 0 Å². The minimum atomic E-state index is -0.754. The zero-order valence-electron chi connectivity index (χ0n) is 9.45. The zero-order chi connectivity index (χ0) is 12.1. The van der Waals surface area contributed by atoms with E-state index in [2.05, 4.69) is 21.1 Å². The molecule has 0 aliphatic carbocycles. The number of ether oxygens (including phenoxy) is 2. The van der Waals surface area contributed by atoms with Crippen LogP contribution in [0.5, 0.6) is 0 Å². The van der Waals surface area contributed by atoms with Crippen LogP contribution >= 0.6 is 0 Å². The lowest BCUT2D eigenvalue weighted by Gasteiger charge is -2.25. The second kappa shape index (κ2) is 5.21. The highest BCUT2D eigenvalue weighted by atomic mass is 16.7. The largest absolute Gasteiger partial charge is 0.510 e. The van der Waals surface area contributed by atoms with Gasteiger partial charge in [-0.15, -0.1) is 6.42 Å². The van der Waals surface area contributed by atoms with Crippen LogP contribution < -0.4 is 0 Å².